The molecule has 5 heteroatoms. The summed E-state index contributed by atoms with van der Waals surface area (Å²) in [7, 11) is 0. The van der Waals surface area contributed by atoms with Crippen molar-refractivity contribution in [1.29, 1.82) is 0 Å². The molecular weight excluding hydrogens is 260 g/mol. The molecule has 1 fully saturated rings. The molecule has 0 radical (unpaired) electrons. The molecule has 0 aromatic carbocycles. The molecule has 0 bridgehead atoms. The minimum Gasteiger partial charge on any atom is -0.479 e. The van der Waals surface area contributed by atoms with Crippen LogP contribution in [0.15, 0.2) is 11.6 Å². The fourth-order valence-corrected chi connectivity index (χ4v) is 4.67. The number of fused-ring (bicyclic) bond motifs is 1. The second-order valence-corrected chi connectivity index (χ2v) is 7.09. The number of carboxylic acids is 1. The maximum absolute atomic E-state index is 11.7. The molecule has 0 unspecified atom stereocenters. The molecule has 4 N–H and O–H groups in total. The molecule has 0 aromatic heterocycles. The zero-order chi connectivity index (χ0) is 15.3. The number of aliphatic carboxylic acids is 1. The van der Waals surface area contributed by atoms with Crippen LogP contribution in [-0.4, -0.2) is 44.7 Å². The first kappa shape index (κ1) is 15.5. The van der Waals surface area contributed by atoms with Gasteiger partial charge in [0.05, 0.1) is 12.7 Å². The van der Waals surface area contributed by atoms with Crippen LogP contribution in [0.5, 0.6) is 0 Å². The zero-order valence-corrected chi connectivity index (χ0v) is 12.3. The van der Waals surface area contributed by atoms with Crippen LogP contribution in [-0.2, 0) is 4.79 Å². The number of aliphatic hydroxyl groups excluding tert-OH is 2. The van der Waals surface area contributed by atoms with E-state index in [9.17, 15) is 25.2 Å². The Morgan fingerprint density at radius 2 is 1.95 bits per heavy atom. The SMILES string of the molecule is CC1(C)CCC[C@@]2(C)[C@@H]1[C@H](O)C=C(CO)[C@]2(O)C(=O)O. The van der Waals surface area contributed by atoms with E-state index in [0.29, 0.717) is 6.42 Å². The normalized spacial score (nSPS) is 43.6. The van der Waals surface area contributed by atoms with Crippen molar-refractivity contribution in [2.45, 2.75) is 51.7 Å². The molecule has 0 saturated heterocycles. The second kappa shape index (κ2) is 4.55. The predicted molar refractivity (Wildman–Crippen MR) is 73.0 cm³/mol. The molecule has 0 aliphatic heterocycles. The number of aliphatic hydroxyl groups is 3. The Bertz CT molecular complexity index is 455. The maximum atomic E-state index is 11.7. The summed E-state index contributed by atoms with van der Waals surface area (Å²) in [6.45, 7) is 5.15. The van der Waals surface area contributed by atoms with E-state index in [1.54, 1.807) is 6.92 Å². The summed E-state index contributed by atoms with van der Waals surface area (Å²) >= 11 is 0. The lowest BCUT2D eigenvalue weighted by molar-refractivity contribution is -0.199. The summed E-state index contributed by atoms with van der Waals surface area (Å²) in [4.78, 5) is 11.7. The van der Waals surface area contributed by atoms with Gasteiger partial charge in [-0.15, -0.1) is 0 Å². The Morgan fingerprint density at radius 1 is 1.35 bits per heavy atom. The van der Waals surface area contributed by atoms with Crippen molar-refractivity contribution in [1.82, 2.24) is 0 Å². The van der Waals surface area contributed by atoms with E-state index in [0.717, 1.165) is 12.8 Å². The van der Waals surface area contributed by atoms with E-state index in [2.05, 4.69) is 0 Å². The Labute approximate surface area is 118 Å². The van der Waals surface area contributed by atoms with Gasteiger partial charge in [0.1, 0.15) is 0 Å². The number of hydrogen-bond acceptors (Lipinski definition) is 4. The van der Waals surface area contributed by atoms with Gasteiger partial charge in [0.15, 0.2) is 5.60 Å². The van der Waals surface area contributed by atoms with Gasteiger partial charge in [0.2, 0.25) is 0 Å². The first-order valence-corrected chi connectivity index (χ1v) is 7.07. The van der Waals surface area contributed by atoms with Crippen LogP contribution in [0.2, 0.25) is 0 Å². The summed E-state index contributed by atoms with van der Waals surface area (Å²) < 4.78 is 0. The highest BCUT2D eigenvalue weighted by atomic mass is 16.4. The smallest absolute Gasteiger partial charge is 0.340 e. The zero-order valence-electron chi connectivity index (χ0n) is 12.3. The largest absolute Gasteiger partial charge is 0.479 e. The van der Waals surface area contributed by atoms with Gasteiger partial charge < -0.3 is 20.4 Å². The topological polar surface area (TPSA) is 98.0 Å². The van der Waals surface area contributed by atoms with Gasteiger partial charge in [-0.25, -0.2) is 4.79 Å². The van der Waals surface area contributed by atoms with Gasteiger partial charge in [0, 0.05) is 11.3 Å². The minimum atomic E-state index is -2.12. The average molecular weight is 284 g/mol. The van der Waals surface area contributed by atoms with Crippen molar-refractivity contribution in [3.05, 3.63) is 11.6 Å². The van der Waals surface area contributed by atoms with E-state index in [1.807, 2.05) is 13.8 Å². The molecule has 2 aliphatic rings. The van der Waals surface area contributed by atoms with Crippen LogP contribution in [0, 0.1) is 16.7 Å². The van der Waals surface area contributed by atoms with E-state index in [-0.39, 0.29) is 16.9 Å². The highest BCUT2D eigenvalue weighted by Gasteiger charge is 2.66. The third-order valence-electron chi connectivity index (χ3n) is 5.53. The van der Waals surface area contributed by atoms with Gasteiger partial charge in [0.25, 0.3) is 0 Å². The molecule has 1 saturated carbocycles. The van der Waals surface area contributed by atoms with E-state index >= 15 is 0 Å². The fourth-order valence-electron chi connectivity index (χ4n) is 4.67. The van der Waals surface area contributed by atoms with Crippen LogP contribution >= 0.6 is 0 Å². The molecule has 2 rings (SSSR count). The van der Waals surface area contributed by atoms with Crippen LogP contribution in [0.1, 0.15) is 40.0 Å². The third-order valence-corrected chi connectivity index (χ3v) is 5.53. The molecule has 0 heterocycles. The Kier molecular flexibility index (Phi) is 3.52. The van der Waals surface area contributed by atoms with Crippen molar-refractivity contribution in [2.24, 2.45) is 16.7 Å². The standard InChI is InChI=1S/C15H24O5/c1-13(2)5-4-6-14(3)11(13)10(17)7-9(8-16)15(14,20)12(18)19/h7,10-11,16-17,20H,4-6,8H2,1-3H3,(H,18,19)/t10-,11-,14+,15+/m1/s1. The highest BCUT2D eigenvalue weighted by molar-refractivity contribution is 5.83. The van der Waals surface area contributed by atoms with Gasteiger partial charge in [-0.2, -0.15) is 0 Å². The number of hydrogen-bond donors (Lipinski definition) is 4. The predicted octanol–water partition coefficient (Wildman–Crippen LogP) is 0.928. The van der Waals surface area contributed by atoms with Gasteiger partial charge in [-0.3, -0.25) is 0 Å². The first-order chi connectivity index (χ1) is 9.11. The van der Waals surface area contributed by atoms with E-state index < -0.39 is 29.7 Å². The molecule has 0 spiro atoms. The number of carboxylic acid groups (broad SMARTS) is 1. The fraction of sp³-hybridized carbons (Fsp3) is 0.800. The van der Waals surface area contributed by atoms with Crippen LogP contribution < -0.4 is 0 Å². The molecule has 0 amide bonds. The van der Waals surface area contributed by atoms with E-state index in [4.69, 9.17) is 0 Å². The molecular formula is C15H24O5. The lowest BCUT2D eigenvalue weighted by Gasteiger charge is -2.59. The highest BCUT2D eigenvalue weighted by Crippen LogP contribution is 2.61. The average Bonchev–Trinajstić information content (AvgIpc) is 2.32. The monoisotopic (exact) mass is 284 g/mol. The van der Waals surface area contributed by atoms with Crippen molar-refractivity contribution >= 4 is 5.97 Å². The Hall–Kier alpha value is -0.910. The van der Waals surface area contributed by atoms with Crippen molar-refractivity contribution in [3.8, 4) is 0 Å². The first-order valence-electron chi connectivity index (χ1n) is 7.07. The molecule has 20 heavy (non-hydrogen) atoms. The Balaban J connectivity index is 2.67. The van der Waals surface area contributed by atoms with E-state index in [1.165, 1.54) is 6.08 Å². The van der Waals surface area contributed by atoms with Gasteiger partial charge in [-0.05, 0) is 23.8 Å². The van der Waals surface area contributed by atoms with Crippen molar-refractivity contribution < 1.29 is 25.2 Å². The summed E-state index contributed by atoms with van der Waals surface area (Å²) in [6, 6.07) is 0. The quantitative estimate of drug-likeness (QED) is 0.565. The summed E-state index contributed by atoms with van der Waals surface area (Å²) in [5.41, 5.74) is -3.39. The van der Waals surface area contributed by atoms with Crippen LogP contribution in [0.4, 0.5) is 0 Å². The summed E-state index contributed by atoms with van der Waals surface area (Å²) in [6.07, 6.45) is 2.66. The third kappa shape index (κ3) is 1.76. The maximum Gasteiger partial charge on any atom is 0.340 e. The lowest BCUT2D eigenvalue weighted by atomic mass is 9.46. The molecule has 5 nitrogen and oxygen atoms in total. The van der Waals surface area contributed by atoms with Crippen molar-refractivity contribution in [3.63, 3.8) is 0 Å². The van der Waals surface area contributed by atoms with Gasteiger partial charge >= 0.3 is 5.97 Å². The van der Waals surface area contributed by atoms with Crippen LogP contribution in [0.3, 0.4) is 0 Å². The summed E-state index contributed by atoms with van der Waals surface area (Å²) in [5.74, 6) is -1.71. The number of rotatable bonds is 2. The second-order valence-electron chi connectivity index (χ2n) is 7.09. The Morgan fingerprint density at radius 3 is 2.45 bits per heavy atom. The summed E-state index contributed by atoms with van der Waals surface area (Å²) in [5, 5.41) is 40.3. The minimum absolute atomic E-state index is 0.00560. The van der Waals surface area contributed by atoms with Crippen molar-refractivity contribution in [2.75, 3.05) is 6.61 Å². The lowest BCUT2D eigenvalue weighted by Crippen LogP contribution is -2.66. The molecule has 4 atom stereocenters. The van der Waals surface area contributed by atoms with Crippen LogP contribution in [0.25, 0.3) is 0 Å². The molecule has 2 aliphatic carbocycles. The van der Waals surface area contributed by atoms with Gasteiger partial charge in [-0.1, -0.05) is 33.3 Å². The molecule has 0 aromatic rings. The number of carbonyl (C=O) groups is 1. The molecule has 114 valence electrons.